The number of esters is 1. The van der Waals surface area contributed by atoms with E-state index in [2.05, 4.69) is 4.74 Å². The van der Waals surface area contributed by atoms with E-state index in [0.717, 1.165) is 11.4 Å². The Bertz CT molecular complexity index is 266. The quantitative estimate of drug-likeness (QED) is 0.503. The third-order valence-corrected chi connectivity index (χ3v) is 5.54. The van der Waals surface area contributed by atoms with Gasteiger partial charge in [0.05, 0.1) is 25.7 Å². The molecule has 17 heavy (non-hydrogen) atoms. The topological polar surface area (TPSA) is 61.8 Å². The van der Waals surface area contributed by atoms with Crippen LogP contribution in [0.1, 0.15) is 34.1 Å². The van der Waals surface area contributed by atoms with E-state index in [0.29, 0.717) is 5.75 Å². The van der Waals surface area contributed by atoms with Crippen LogP contribution in [0.5, 0.6) is 0 Å². The molecule has 0 amide bonds. The van der Waals surface area contributed by atoms with Crippen molar-refractivity contribution in [2.75, 3.05) is 12.9 Å². The van der Waals surface area contributed by atoms with Crippen LogP contribution in [0.3, 0.4) is 0 Å². The van der Waals surface area contributed by atoms with Crippen molar-refractivity contribution in [2.45, 2.75) is 46.3 Å². The molecule has 5 nitrogen and oxygen atoms in total. The molecule has 0 aliphatic carbocycles. The van der Waals surface area contributed by atoms with Crippen LogP contribution in [-0.4, -0.2) is 31.0 Å². The van der Waals surface area contributed by atoms with Crippen molar-refractivity contribution in [3.05, 3.63) is 0 Å². The first-order valence-corrected chi connectivity index (χ1v) is 8.60. The Balaban J connectivity index is 4.29. The number of methoxy groups -OCH3 is 1. The Morgan fingerprint density at radius 1 is 1.18 bits per heavy atom. The molecule has 0 saturated heterocycles. The Kier molecular flexibility index (Phi) is 8.12. The summed E-state index contributed by atoms with van der Waals surface area (Å²) in [6.45, 7) is 3.97. The summed E-state index contributed by atoms with van der Waals surface area (Å²) in [6.07, 6.45) is -0.191. The van der Waals surface area contributed by atoms with E-state index in [1.807, 2.05) is 0 Å². The molecule has 0 saturated carbocycles. The molecule has 0 aliphatic heterocycles. The van der Waals surface area contributed by atoms with E-state index in [1.165, 1.54) is 7.11 Å². The van der Waals surface area contributed by atoms with Gasteiger partial charge in [-0.2, -0.15) is 0 Å². The molecule has 7 heteroatoms. The van der Waals surface area contributed by atoms with Gasteiger partial charge in [0.2, 0.25) is 0 Å². The Hall–Kier alpha value is -0.0300. The summed E-state index contributed by atoms with van der Waals surface area (Å²) in [7, 11) is 1.32. The summed E-state index contributed by atoms with van der Waals surface area (Å²) in [6, 6.07) is 0. The second-order valence-corrected chi connectivity index (χ2v) is 8.01. The van der Waals surface area contributed by atoms with Gasteiger partial charge in [-0.3, -0.25) is 13.8 Å². The maximum Gasteiger partial charge on any atom is 0.389 e. The number of hydrogen-bond donors (Lipinski definition) is 0. The van der Waals surface area contributed by atoms with Crippen LogP contribution in [0, 0.1) is 0 Å². The van der Waals surface area contributed by atoms with Crippen molar-refractivity contribution in [1.29, 1.82) is 0 Å². The molecule has 0 aromatic carbocycles. The van der Waals surface area contributed by atoms with Gasteiger partial charge in [0.25, 0.3) is 0 Å². The highest BCUT2D eigenvalue weighted by Gasteiger charge is 2.28. The minimum Gasteiger partial charge on any atom is -0.469 e. The molecule has 0 atom stereocenters. The average Bonchev–Trinajstić information content (AvgIpc) is 2.14. The van der Waals surface area contributed by atoms with Gasteiger partial charge in [0, 0.05) is 5.75 Å². The standard InChI is InChI=1S/C10H21O5PS/c1-8(2)14-16(12,15-9(3)4)17-7-6-10(11)13-5/h8-9H,6-7H2,1-5H3. The minimum atomic E-state index is -3.19. The zero-order chi connectivity index (χ0) is 13.5. The third kappa shape index (κ3) is 8.66. The number of ether oxygens (including phenoxy) is 1. The fourth-order valence-electron chi connectivity index (χ4n) is 0.945. The molecular formula is C10H21O5PS. The molecule has 0 heterocycles. The van der Waals surface area contributed by atoms with E-state index in [9.17, 15) is 9.36 Å². The predicted molar refractivity (Wildman–Crippen MR) is 69.1 cm³/mol. The maximum absolute atomic E-state index is 12.3. The molecule has 0 spiro atoms. The summed E-state index contributed by atoms with van der Waals surface area (Å²) in [5.74, 6) is 0.0155. The first-order chi connectivity index (χ1) is 7.79. The molecule has 0 aliphatic rings. The van der Waals surface area contributed by atoms with Gasteiger partial charge in [0.1, 0.15) is 0 Å². The predicted octanol–water partition coefficient (Wildman–Crippen LogP) is 3.24. The van der Waals surface area contributed by atoms with Gasteiger partial charge in [-0.1, -0.05) is 0 Å². The zero-order valence-corrected chi connectivity index (χ0v) is 12.7. The van der Waals surface area contributed by atoms with Crippen LogP contribution in [0.4, 0.5) is 0 Å². The lowest BCUT2D eigenvalue weighted by molar-refractivity contribution is -0.140. The van der Waals surface area contributed by atoms with Crippen molar-refractivity contribution < 1.29 is 23.1 Å². The van der Waals surface area contributed by atoms with E-state index in [-0.39, 0.29) is 24.6 Å². The molecule has 0 N–H and O–H groups in total. The van der Waals surface area contributed by atoms with Gasteiger partial charge in [-0.25, -0.2) is 4.57 Å². The smallest absolute Gasteiger partial charge is 0.389 e. The van der Waals surface area contributed by atoms with Gasteiger partial charge in [-0.15, -0.1) is 0 Å². The van der Waals surface area contributed by atoms with E-state index in [1.54, 1.807) is 27.7 Å². The zero-order valence-electron chi connectivity index (χ0n) is 11.0. The van der Waals surface area contributed by atoms with Crippen molar-refractivity contribution in [3.63, 3.8) is 0 Å². The third-order valence-electron chi connectivity index (χ3n) is 1.46. The molecule has 0 aromatic rings. The van der Waals surface area contributed by atoms with Crippen LogP contribution in [0.25, 0.3) is 0 Å². The van der Waals surface area contributed by atoms with Crippen LogP contribution < -0.4 is 0 Å². The van der Waals surface area contributed by atoms with E-state index < -0.39 is 6.80 Å². The number of hydrogen-bond acceptors (Lipinski definition) is 6. The van der Waals surface area contributed by atoms with Crippen molar-refractivity contribution >= 4 is 24.1 Å². The van der Waals surface area contributed by atoms with E-state index >= 15 is 0 Å². The highest BCUT2D eigenvalue weighted by molar-refractivity contribution is 8.55. The normalized spacial score (nSPS) is 12.2. The van der Waals surface area contributed by atoms with Crippen LogP contribution in [0.2, 0.25) is 0 Å². The average molecular weight is 284 g/mol. The van der Waals surface area contributed by atoms with Crippen molar-refractivity contribution in [2.24, 2.45) is 0 Å². The van der Waals surface area contributed by atoms with Gasteiger partial charge in [0.15, 0.2) is 0 Å². The first kappa shape index (κ1) is 17.0. The van der Waals surface area contributed by atoms with Crippen molar-refractivity contribution in [1.82, 2.24) is 0 Å². The lowest BCUT2D eigenvalue weighted by Crippen LogP contribution is -2.07. The fraction of sp³-hybridized carbons (Fsp3) is 0.900. The Labute approximate surface area is 107 Å². The summed E-state index contributed by atoms with van der Waals surface area (Å²) < 4.78 is 27.4. The van der Waals surface area contributed by atoms with Crippen LogP contribution >= 0.6 is 18.2 Å². The van der Waals surface area contributed by atoms with Crippen LogP contribution in [-0.2, 0) is 23.1 Å². The number of rotatable bonds is 8. The SMILES string of the molecule is COC(=O)CCSP(=O)(OC(C)C)OC(C)C. The first-order valence-electron chi connectivity index (χ1n) is 5.47. The molecule has 0 fully saturated rings. The molecule has 102 valence electrons. The number of carbonyl (C=O) groups is 1. The minimum absolute atomic E-state index is 0.189. The summed E-state index contributed by atoms with van der Waals surface area (Å²) >= 11 is 1.03. The lowest BCUT2D eigenvalue weighted by Gasteiger charge is -2.21. The van der Waals surface area contributed by atoms with E-state index in [4.69, 9.17) is 9.05 Å². The molecule has 0 aromatic heterocycles. The van der Waals surface area contributed by atoms with Crippen LogP contribution in [0.15, 0.2) is 0 Å². The van der Waals surface area contributed by atoms with Gasteiger partial charge < -0.3 is 4.74 Å². The molecule has 0 bridgehead atoms. The highest BCUT2D eigenvalue weighted by atomic mass is 32.7. The van der Waals surface area contributed by atoms with Gasteiger partial charge >= 0.3 is 12.8 Å². The monoisotopic (exact) mass is 284 g/mol. The summed E-state index contributed by atoms with van der Waals surface area (Å²) in [5.41, 5.74) is 0. The fourth-order valence-corrected chi connectivity index (χ4v) is 4.97. The second kappa shape index (κ2) is 8.14. The molecule has 0 rings (SSSR count). The second-order valence-electron chi connectivity index (χ2n) is 3.91. The Morgan fingerprint density at radius 3 is 2.00 bits per heavy atom. The maximum atomic E-state index is 12.3. The Morgan fingerprint density at radius 2 is 1.65 bits per heavy atom. The molecule has 0 unspecified atom stereocenters. The largest absolute Gasteiger partial charge is 0.469 e. The lowest BCUT2D eigenvalue weighted by atomic mass is 10.5. The number of carbonyl (C=O) groups excluding carboxylic acids is 1. The van der Waals surface area contributed by atoms with Crippen molar-refractivity contribution in [3.8, 4) is 0 Å². The molecule has 0 radical (unpaired) electrons. The summed E-state index contributed by atoms with van der Waals surface area (Å²) in [5, 5.41) is 0. The highest BCUT2D eigenvalue weighted by Crippen LogP contribution is 2.62. The molecular weight excluding hydrogens is 263 g/mol. The summed E-state index contributed by atoms with van der Waals surface area (Å²) in [4.78, 5) is 10.9. The van der Waals surface area contributed by atoms with Gasteiger partial charge in [-0.05, 0) is 39.1 Å².